The van der Waals surface area contributed by atoms with Gasteiger partial charge in [0.15, 0.2) is 0 Å². The highest BCUT2D eigenvalue weighted by molar-refractivity contribution is 5.84. The van der Waals surface area contributed by atoms with Crippen molar-refractivity contribution >= 4 is 5.91 Å². The lowest BCUT2D eigenvalue weighted by atomic mass is 9.94. The van der Waals surface area contributed by atoms with E-state index in [1.54, 1.807) is 0 Å². The Balaban J connectivity index is 1.68. The fourth-order valence-electron chi connectivity index (χ4n) is 4.25. The number of fused-ring (bicyclic) bond motifs is 1. The van der Waals surface area contributed by atoms with E-state index in [0.29, 0.717) is 6.54 Å². The molecule has 1 N–H and O–H groups in total. The van der Waals surface area contributed by atoms with Crippen LogP contribution in [0.5, 0.6) is 0 Å². The average molecular weight is 338 g/mol. The molecule has 1 aromatic heterocycles. The van der Waals surface area contributed by atoms with Gasteiger partial charge < -0.3 is 5.32 Å². The van der Waals surface area contributed by atoms with Gasteiger partial charge in [-0.05, 0) is 49.3 Å². The molecule has 0 unspecified atom stereocenters. The molecule has 1 aliphatic heterocycles. The lowest BCUT2D eigenvalue weighted by molar-refractivity contribution is -0.129. The maximum Gasteiger partial charge on any atom is 0.242 e. The molecule has 132 valence electrons. The minimum Gasteiger partial charge on any atom is -0.353 e. The number of benzene rings is 1. The van der Waals surface area contributed by atoms with Gasteiger partial charge in [-0.1, -0.05) is 24.3 Å². The molecule has 1 amide bonds. The molecular weight excluding hydrogens is 312 g/mol. The highest BCUT2D eigenvalue weighted by Crippen LogP contribution is 2.30. The third kappa shape index (κ3) is 2.97. The molecule has 5 heteroatoms. The van der Waals surface area contributed by atoms with E-state index in [1.807, 2.05) is 23.9 Å². The summed E-state index contributed by atoms with van der Waals surface area (Å²) in [6.45, 7) is 4.44. The summed E-state index contributed by atoms with van der Waals surface area (Å²) in [6.07, 6.45) is 4.69. The lowest BCUT2D eigenvalue weighted by Crippen LogP contribution is -2.50. The van der Waals surface area contributed by atoms with Gasteiger partial charge in [0, 0.05) is 26.7 Å². The fraction of sp³-hybridized carbons (Fsp3) is 0.500. The molecule has 0 saturated carbocycles. The third-order valence-corrected chi connectivity index (χ3v) is 5.60. The highest BCUT2D eigenvalue weighted by atomic mass is 16.2. The zero-order chi connectivity index (χ0) is 17.4. The topological polar surface area (TPSA) is 50.2 Å². The molecule has 0 spiro atoms. The molecular formula is C20H26N4O. The Labute approximate surface area is 149 Å². The first-order valence-corrected chi connectivity index (χ1v) is 9.26. The van der Waals surface area contributed by atoms with Crippen LogP contribution >= 0.6 is 0 Å². The van der Waals surface area contributed by atoms with Crippen molar-refractivity contribution in [1.29, 1.82) is 0 Å². The largest absolute Gasteiger partial charge is 0.353 e. The summed E-state index contributed by atoms with van der Waals surface area (Å²) in [4.78, 5) is 15.0. The number of hydrogen-bond donors (Lipinski definition) is 1. The lowest BCUT2D eigenvalue weighted by Gasteiger charge is -2.36. The van der Waals surface area contributed by atoms with Gasteiger partial charge in [0.1, 0.15) is 6.04 Å². The van der Waals surface area contributed by atoms with Gasteiger partial charge in [0.2, 0.25) is 5.91 Å². The van der Waals surface area contributed by atoms with Crippen LogP contribution in [0.1, 0.15) is 47.0 Å². The van der Waals surface area contributed by atoms with E-state index in [0.717, 1.165) is 31.5 Å². The molecule has 0 radical (unpaired) electrons. The third-order valence-electron chi connectivity index (χ3n) is 5.60. The highest BCUT2D eigenvalue weighted by Gasteiger charge is 2.33. The van der Waals surface area contributed by atoms with Crippen LogP contribution < -0.4 is 5.32 Å². The van der Waals surface area contributed by atoms with E-state index in [4.69, 9.17) is 5.10 Å². The van der Waals surface area contributed by atoms with Crippen LogP contribution in [0.4, 0.5) is 0 Å². The molecule has 2 aromatic rings. The van der Waals surface area contributed by atoms with Crippen molar-refractivity contribution in [1.82, 2.24) is 20.0 Å². The quantitative estimate of drug-likeness (QED) is 0.934. The molecule has 1 aromatic carbocycles. The van der Waals surface area contributed by atoms with E-state index >= 15 is 0 Å². The Bertz CT molecular complexity index is 795. The fourth-order valence-corrected chi connectivity index (χ4v) is 4.25. The summed E-state index contributed by atoms with van der Waals surface area (Å²) < 4.78 is 2.04. The number of carbonyl (C=O) groups is 1. The number of nitrogens with zero attached hydrogens (tertiary/aromatic N) is 3. The number of rotatable bonds is 3. The number of aryl methyl sites for hydroxylation is 3. The van der Waals surface area contributed by atoms with Crippen LogP contribution in [0.3, 0.4) is 0 Å². The Morgan fingerprint density at radius 2 is 2.04 bits per heavy atom. The molecule has 1 fully saturated rings. The van der Waals surface area contributed by atoms with Crippen LogP contribution in [-0.2, 0) is 31.2 Å². The number of amides is 1. The molecule has 0 bridgehead atoms. The summed E-state index contributed by atoms with van der Waals surface area (Å²) in [5, 5.41) is 7.78. The van der Waals surface area contributed by atoms with E-state index in [1.165, 1.54) is 35.4 Å². The van der Waals surface area contributed by atoms with Crippen LogP contribution in [0.25, 0.3) is 0 Å². The van der Waals surface area contributed by atoms with Crippen molar-refractivity contribution in [3.8, 4) is 0 Å². The smallest absolute Gasteiger partial charge is 0.242 e. The van der Waals surface area contributed by atoms with Crippen LogP contribution in [-0.4, -0.2) is 33.7 Å². The van der Waals surface area contributed by atoms with Crippen molar-refractivity contribution in [2.45, 2.75) is 45.2 Å². The number of hydrogen-bond acceptors (Lipinski definition) is 3. The molecule has 5 nitrogen and oxygen atoms in total. The molecule has 1 atom stereocenters. The van der Waals surface area contributed by atoms with Crippen molar-refractivity contribution in [2.24, 2.45) is 7.05 Å². The predicted octanol–water partition coefficient (Wildman–Crippen LogP) is 2.28. The van der Waals surface area contributed by atoms with Crippen LogP contribution in [0.2, 0.25) is 0 Å². The zero-order valence-electron chi connectivity index (χ0n) is 15.1. The van der Waals surface area contributed by atoms with Gasteiger partial charge in [-0.15, -0.1) is 0 Å². The molecule has 25 heavy (non-hydrogen) atoms. The van der Waals surface area contributed by atoms with Crippen LogP contribution in [0, 0.1) is 6.92 Å². The first-order valence-electron chi connectivity index (χ1n) is 9.26. The second kappa shape index (κ2) is 6.64. The SMILES string of the molecule is Cc1ccccc1[C@H]1C(=O)NCCN1Cc1c2c(nn1C)CCCC2. The van der Waals surface area contributed by atoms with Crippen molar-refractivity contribution in [3.63, 3.8) is 0 Å². The zero-order valence-corrected chi connectivity index (χ0v) is 15.1. The van der Waals surface area contributed by atoms with E-state index in [-0.39, 0.29) is 11.9 Å². The Hall–Kier alpha value is -2.14. The number of piperazine rings is 1. The summed E-state index contributed by atoms with van der Waals surface area (Å²) in [5.74, 6) is 0.108. The van der Waals surface area contributed by atoms with Gasteiger partial charge in [0.25, 0.3) is 0 Å². The number of aromatic nitrogens is 2. The Kier molecular flexibility index (Phi) is 4.34. The van der Waals surface area contributed by atoms with Crippen molar-refractivity contribution < 1.29 is 4.79 Å². The maximum absolute atomic E-state index is 12.7. The summed E-state index contributed by atoms with van der Waals surface area (Å²) >= 11 is 0. The Morgan fingerprint density at radius 1 is 1.24 bits per heavy atom. The molecule has 2 heterocycles. The predicted molar refractivity (Wildman–Crippen MR) is 97.2 cm³/mol. The minimum atomic E-state index is -0.218. The first kappa shape index (κ1) is 16.3. The van der Waals surface area contributed by atoms with Gasteiger partial charge in [-0.3, -0.25) is 14.4 Å². The molecule has 1 saturated heterocycles. The van der Waals surface area contributed by atoms with Gasteiger partial charge in [0.05, 0.1) is 11.4 Å². The van der Waals surface area contributed by atoms with Crippen molar-refractivity contribution in [3.05, 3.63) is 52.3 Å². The van der Waals surface area contributed by atoms with Crippen LogP contribution in [0.15, 0.2) is 24.3 Å². The second-order valence-electron chi connectivity index (χ2n) is 7.22. The standard InChI is InChI=1S/C20H26N4O/c1-14-7-3-4-8-15(14)19-20(25)21-11-12-24(19)13-18-16-9-5-6-10-17(16)22-23(18)2/h3-4,7-8,19H,5-6,9-13H2,1-2H3,(H,21,25)/t19-/m0/s1. The van der Waals surface area contributed by atoms with Gasteiger partial charge >= 0.3 is 0 Å². The average Bonchev–Trinajstić information content (AvgIpc) is 2.92. The summed E-state index contributed by atoms with van der Waals surface area (Å²) in [7, 11) is 2.04. The molecule has 2 aliphatic rings. The van der Waals surface area contributed by atoms with Crippen molar-refractivity contribution in [2.75, 3.05) is 13.1 Å². The minimum absolute atomic E-state index is 0.108. The molecule has 4 rings (SSSR count). The summed E-state index contributed by atoms with van der Waals surface area (Å²) in [6, 6.07) is 8.00. The van der Waals surface area contributed by atoms with E-state index < -0.39 is 0 Å². The maximum atomic E-state index is 12.7. The molecule has 1 aliphatic carbocycles. The van der Waals surface area contributed by atoms with E-state index in [9.17, 15) is 4.79 Å². The second-order valence-corrected chi connectivity index (χ2v) is 7.22. The van der Waals surface area contributed by atoms with Gasteiger partial charge in [-0.25, -0.2) is 0 Å². The number of nitrogens with one attached hydrogen (secondary N) is 1. The van der Waals surface area contributed by atoms with E-state index in [2.05, 4.69) is 29.3 Å². The Morgan fingerprint density at radius 3 is 2.88 bits per heavy atom. The monoisotopic (exact) mass is 338 g/mol. The summed E-state index contributed by atoms with van der Waals surface area (Å²) in [5.41, 5.74) is 6.24. The first-order chi connectivity index (χ1) is 12.1. The number of carbonyl (C=O) groups excluding carboxylic acids is 1. The normalized spacial score (nSPS) is 21.0. The van der Waals surface area contributed by atoms with Gasteiger partial charge in [-0.2, -0.15) is 5.10 Å².